The molecule has 1 aliphatic rings. The number of hydrogen-bond acceptors (Lipinski definition) is 6. The predicted molar refractivity (Wildman–Crippen MR) is 132 cm³/mol. The number of hydrogen-bond donors (Lipinski definition) is 0. The summed E-state index contributed by atoms with van der Waals surface area (Å²) >= 11 is 1.31. The molecule has 0 N–H and O–H groups in total. The minimum atomic E-state index is -3.68. The molecule has 0 radical (unpaired) electrons. The Labute approximate surface area is 199 Å². The van der Waals surface area contributed by atoms with Crippen molar-refractivity contribution in [2.45, 2.75) is 11.8 Å². The lowest BCUT2D eigenvalue weighted by Crippen LogP contribution is -2.31. The average Bonchev–Trinajstić information content (AvgIpc) is 3.48. The van der Waals surface area contributed by atoms with Gasteiger partial charge in [0, 0.05) is 10.8 Å². The largest absolute Gasteiger partial charge is 0.460 e. The molecule has 1 aliphatic heterocycles. The molecule has 0 saturated carbocycles. The first-order chi connectivity index (χ1) is 16.4. The molecule has 0 spiro atoms. The lowest BCUT2D eigenvalue weighted by atomic mass is 10.1. The molecule has 0 saturated heterocycles. The molecule has 6 rings (SSSR count). The number of para-hydroxylation sites is 1. The number of aromatic nitrogens is 2. The minimum Gasteiger partial charge on any atom is -0.460 e. The van der Waals surface area contributed by atoms with Gasteiger partial charge in [0.05, 0.1) is 28.5 Å². The number of nitrogens with zero attached hydrogens (tertiary/aromatic N) is 3. The second-order valence-electron chi connectivity index (χ2n) is 8.01. The number of fused-ring (bicyclic) bond motifs is 1. The first-order valence-electron chi connectivity index (χ1n) is 10.7. The summed E-state index contributed by atoms with van der Waals surface area (Å²) in [6.07, 6.45) is 0. The van der Waals surface area contributed by atoms with E-state index in [0.717, 1.165) is 27.0 Å². The van der Waals surface area contributed by atoms with E-state index in [1.54, 1.807) is 24.3 Å². The normalized spacial score (nSPS) is 14.2. The molecule has 3 aromatic carbocycles. The number of benzene rings is 3. The number of thiophene rings is 1. The van der Waals surface area contributed by atoms with Gasteiger partial charge in [0.25, 0.3) is 10.0 Å². The molecule has 34 heavy (non-hydrogen) atoms. The van der Waals surface area contributed by atoms with E-state index < -0.39 is 16.0 Å². The third kappa shape index (κ3) is 3.12. The highest BCUT2D eigenvalue weighted by molar-refractivity contribution is 7.93. The van der Waals surface area contributed by atoms with Crippen LogP contribution in [0, 0.1) is 6.92 Å². The van der Waals surface area contributed by atoms with Gasteiger partial charge in [-0.3, -0.25) is 4.31 Å². The molecule has 0 aliphatic carbocycles. The molecule has 3 heterocycles. The Bertz CT molecular complexity index is 1680. The maximum absolute atomic E-state index is 13.1. The molecule has 5 aromatic rings. The number of rotatable bonds is 5. The summed E-state index contributed by atoms with van der Waals surface area (Å²) in [5.74, 6) is -0.479. The summed E-state index contributed by atoms with van der Waals surface area (Å²) in [7, 11) is -3.68. The second-order valence-corrected chi connectivity index (χ2v) is 10.9. The number of anilines is 1. The van der Waals surface area contributed by atoms with Crippen LogP contribution in [-0.4, -0.2) is 37.3 Å². The zero-order chi connectivity index (χ0) is 23.4. The van der Waals surface area contributed by atoms with E-state index in [9.17, 15) is 13.2 Å². The second kappa shape index (κ2) is 7.68. The summed E-state index contributed by atoms with van der Waals surface area (Å²) in [5.41, 5.74) is 2.35. The molecule has 0 atom stereocenters. The number of sulfonamides is 1. The molecule has 0 fully saturated rings. The number of ether oxygens (including phenoxy) is 1. The van der Waals surface area contributed by atoms with Gasteiger partial charge in [-0.15, -0.1) is 11.3 Å². The summed E-state index contributed by atoms with van der Waals surface area (Å²) in [5, 5.41) is 7.06. The van der Waals surface area contributed by atoms with Crippen molar-refractivity contribution < 1.29 is 17.9 Å². The van der Waals surface area contributed by atoms with Crippen LogP contribution in [0.5, 0.6) is 0 Å². The quantitative estimate of drug-likeness (QED) is 0.328. The van der Waals surface area contributed by atoms with E-state index in [4.69, 9.17) is 4.74 Å². The van der Waals surface area contributed by atoms with Gasteiger partial charge in [-0.1, -0.05) is 42.5 Å². The molecular weight excluding hydrogens is 470 g/mol. The van der Waals surface area contributed by atoms with Crippen LogP contribution in [0.2, 0.25) is 0 Å². The third-order valence-corrected chi connectivity index (χ3v) is 8.90. The van der Waals surface area contributed by atoms with Gasteiger partial charge in [0.2, 0.25) is 0 Å². The average molecular weight is 490 g/mol. The maximum atomic E-state index is 13.1. The number of esters is 1. The lowest BCUT2D eigenvalue weighted by Gasteiger charge is -2.18. The summed E-state index contributed by atoms with van der Waals surface area (Å²) in [6, 6.07) is 22.3. The standard InChI is InChI=1S/C25H19N3O4S2/c1-16-19-15-21(33-24(19)28(26-16)18-9-3-2-4-10-18)25(29)32-14-13-27-20-11-5-7-17-8-6-12-22(23(17)20)34(27,30)31/h2-12,15H,13-14H2,1H3. The van der Waals surface area contributed by atoms with Crippen LogP contribution in [0.3, 0.4) is 0 Å². The number of carbonyl (C=O) groups is 1. The van der Waals surface area contributed by atoms with Gasteiger partial charge in [-0.05, 0) is 42.6 Å². The Morgan fingerprint density at radius 2 is 1.79 bits per heavy atom. The molecule has 7 nitrogen and oxygen atoms in total. The molecule has 170 valence electrons. The fourth-order valence-corrected chi connectivity index (χ4v) is 7.15. The zero-order valence-corrected chi connectivity index (χ0v) is 19.8. The van der Waals surface area contributed by atoms with Crippen molar-refractivity contribution in [2.75, 3.05) is 17.5 Å². The van der Waals surface area contributed by atoms with Gasteiger partial charge >= 0.3 is 5.97 Å². The SMILES string of the molecule is Cc1nn(-c2ccccc2)c2sc(C(=O)OCCN3c4cccc5cccc(c45)S3(=O)=O)cc12. The fraction of sp³-hybridized carbons (Fsp3) is 0.120. The Morgan fingerprint density at radius 1 is 1.03 bits per heavy atom. The molecule has 0 amide bonds. The predicted octanol–water partition coefficient (Wildman–Crippen LogP) is 4.91. The van der Waals surface area contributed by atoms with Gasteiger partial charge in [-0.25, -0.2) is 17.9 Å². The van der Waals surface area contributed by atoms with Crippen LogP contribution < -0.4 is 4.31 Å². The van der Waals surface area contributed by atoms with Gasteiger partial charge in [0.15, 0.2) is 0 Å². The van der Waals surface area contributed by atoms with Crippen LogP contribution in [0.1, 0.15) is 15.4 Å². The highest BCUT2D eigenvalue weighted by atomic mass is 32.2. The van der Waals surface area contributed by atoms with Crippen molar-refractivity contribution in [1.29, 1.82) is 0 Å². The fourth-order valence-electron chi connectivity index (χ4n) is 4.38. The van der Waals surface area contributed by atoms with Gasteiger partial charge < -0.3 is 4.74 Å². The zero-order valence-electron chi connectivity index (χ0n) is 18.1. The molecule has 9 heteroatoms. The Kier molecular flexibility index (Phi) is 4.72. The lowest BCUT2D eigenvalue weighted by molar-refractivity contribution is 0.0523. The Morgan fingerprint density at radius 3 is 2.59 bits per heavy atom. The van der Waals surface area contributed by atoms with Crippen LogP contribution in [-0.2, 0) is 14.8 Å². The summed E-state index contributed by atoms with van der Waals surface area (Å²) < 4.78 is 34.8. The van der Waals surface area contributed by atoms with Crippen molar-refractivity contribution in [1.82, 2.24) is 9.78 Å². The van der Waals surface area contributed by atoms with Gasteiger partial charge in [-0.2, -0.15) is 5.10 Å². The highest BCUT2D eigenvalue weighted by Crippen LogP contribution is 2.41. The maximum Gasteiger partial charge on any atom is 0.348 e. The number of aryl methyl sites for hydroxylation is 1. The van der Waals surface area contributed by atoms with E-state index in [0.29, 0.717) is 16.0 Å². The molecule has 0 bridgehead atoms. The van der Waals surface area contributed by atoms with Crippen LogP contribution in [0.15, 0.2) is 77.7 Å². The van der Waals surface area contributed by atoms with E-state index in [-0.39, 0.29) is 18.0 Å². The molecular formula is C25H19N3O4S2. The summed E-state index contributed by atoms with van der Waals surface area (Å²) in [6.45, 7) is 1.89. The first kappa shape index (κ1) is 20.9. The van der Waals surface area contributed by atoms with Crippen molar-refractivity contribution in [2.24, 2.45) is 0 Å². The number of carbonyl (C=O) groups excluding carboxylic acids is 1. The highest BCUT2D eigenvalue weighted by Gasteiger charge is 2.35. The monoisotopic (exact) mass is 489 g/mol. The van der Waals surface area contributed by atoms with E-state index in [2.05, 4.69) is 5.10 Å². The Hall–Kier alpha value is -3.69. The van der Waals surface area contributed by atoms with Crippen LogP contribution in [0.4, 0.5) is 5.69 Å². The molecule has 0 unspecified atom stereocenters. The van der Waals surface area contributed by atoms with Crippen molar-refractivity contribution in [3.63, 3.8) is 0 Å². The minimum absolute atomic E-state index is 0.0452. The first-order valence-corrected chi connectivity index (χ1v) is 13.0. The van der Waals surface area contributed by atoms with E-state index in [1.807, 2.05) is 60.1 Å². The van der Waals surface area contributed by atoms with Crippen molar-refractivity contribution in [3.8, 4) is 5.69 Å². The molecule has 2 aromatic heterocycles. The van der Waals surface area contributed by atoms with Crippen LogP contribution in [0.25, 0.3) is 26.7 Å². The smallest absolute Gasteiger partial charge is 0.348 e. The van der Waals surface area contributed by atoms with Crippen molar-refractivity contribution in [3.05, 3.63) is 83.4 Å². The topological polar surface area (TPSA) is 81.5 Å². The third-order valence-electron chi connectivity index (χ3n) is 5.96. The van der Waals surface area contributed by atoms with E-state index >= 15 is 0 Å². The summed E-state index contributed by atoms with van der Waals surface area (Å²) in [4.78, 5) is 14.4. The van der Waals surface area contributed by atoms with E-state index in [1.165, 1.54) is 15.6 Å². The van der Waals surface area contributed by atoms with Crippen molar-refractivity contribution >= 4 is 54.0 Å². The van der Waals surface area contributed by atoms with Crippen LogP contribution >= 0.6 is 11.3 Å². The Balaban J connectivity index is 1.22. The van der Waals surface area contributed by atoms with Gasteiger partial charge in [0.1, 0.15) is 16.3 Å².